The van der Waals surface area contributed by atoms with E-state index in [4.69, 9.17) is 28.5 Å². The van der Waals surface area contributed by atoms with Crippen LogP contribution in [0.3, 0.4) is 0 Å². The van der Waals surface area contributed by atoms with Crippen LogP contribution >= 0.6 is 23.2 Å². The number of aromatic nitrogens is 1. The van der Waals surface area contributed by atoms with Crippen molar-refractivity contribution in [2.24, 2.45) is 0 Å². The maximum atomic E-state index is 8.88. The first-order valence-electron chi connectivity index (χ1n) is 5.22. The number of benzene rings is 1. The number of hydrogen-bond donors (Lipinski definition) is 0. The maximum Gasteiger partial charge on any atom is 0.0991 e. The highest BCUT2D eigenvalue weighted by Crippen LogP contribution is 2.29. The van der Waals surface area contributed by atoms with Gasteiger partial charge >= 0.3 is 0 Å². The van der Waals surface area contributed by atoms with Crippen molar-refractivity contribution in [2.75, 3.05) is 5.88 Å². The van der Waals surface area contributed by atoms with E-state index in [1.807, 2.05) is 13.0 Å². The number of hydrogen-bond acceptors (Lipinski definition) is 2. The van der Waals surface area contributed by atoms with Crippen LogP contribution < -0.4 is 0 Å². The van der Waals surface area contributed by atoms with Crippen molar-refractivity contribution in [1.29, 1.82) is 5.26 Å². The van der Waals surface area contributed by atoms with Crippen LogP contribution in [0.2, 0.25) is 5.02 Å². The van der Waals surface area contributed by atoms with Crippen LogP contribution in [0.15, 0.2) is 18.2 Å². The second kappa shape index (κ2) is 4.91. The molecule has 0 aliphatic carbocycles. The van der Waals surface area contributed by atoms with E-state index in [0.29, 0.717) is 22.9 Å². The van der Waals surface area contributed by atoms with Crippen molar-refractivity contribution >= 4 is 34.1 Å². The molecular weight excluding hydrogens is 255 g/mol. The van der Waals surface area contributed by atoms with Crippen LogP contribution in [0.5, 0.6) is 0 Å². The molecule has 86 valence electrons. The number of fused-ring (bicyclic) bond motifs is 1. The summed E-state index contributed by atoms with van der Waals surface area (Å²) in [6.45, 7) is 1.92. The van der Waals surface area contributed by atoms with E-state index < -0.39 is 0 Å². The monoisotopic (exact) mass is 264 g/mol. The average molecular weight is 265 g/mol. The smallest absolute Gasteiger partial charge is 0.0991 e. The lowest BCUT2D eigenvalue weighted by molar-refractivity contribution is 1.07. The van der Waals surface area contributed by atoms with E-state index in [1.54, 1.807) is 12.1 Å². The fraction of sp³-hybridized carbons (Fsp3) is 0.231. The largest absolute Gasteiger partial charge is 0.253 e. The molecule has 0 fully saturated rings. The Kier molecular flexibility index (Phi) is 3.51. The Hall–Kier alpha value is -1.30. The fourth-order valence-corrected chi connectivity index (χ4v) is 2.41. The van der Waals surface area contributed by atoms with Gasteiger partial charge in [0.1, 0.15) is 0 Å². The third-order valence-electron chi connectivity index (χ3n) is 2.70. The van der Waals surface area contributed by atoms with Gasteiger partial charge < -0.3 is 0 Å². The van der Waals surface area contributed by atoms with Crippen LogP contribution in [0.4, 0.5) is 0 Å². The summed E-state index contributed by atoms with van der Waals surface area (Å²) < 4.78 is 0. The average Bonchev–Trinajstić information content (AvgIpc) is 2.34. The first-order valence-corrected chi connectivity index (χ1v) is 6.13. The summed E-state index contributed by atoms with van der Waals surface area (Å²) >= 11 is 12.1. The van der Waals surface area contributed by atoms with E-state index >= 15 is 0 Å². The Morgan fingerprint density at radius 2 is 2.18 bits per heavy atom. The van der Waals surface area contributed by atoms with Gasteiger partial charge in [-0.05, 0) is 37.1 Å². The van der Waals surface area contributed by atoms with Gasteiger partial charge in [0.15, 0.2) is 0 Å². The minimum absolute atomic E-state index is 0.506. The van der Waals surface area contributed by atoms with E-state index in [-0.39, 0.29) is 0 Å². The molecule has 0 aliphatic heterocycles. The second-order valence-corrected chi connectivity index (χ2v) is 4.53. The number of halogens is 2. The van der Waals surface area contributed by atoms with Crippen molar-refractivity contribution in [3.8, 4) is 6.07 Å². The van der Waals surface area contributed by atoms with Crippen LogP contribution in [-0.4, -0.2) is 10.9 Å². The predicted molar refractivity (Wildman–Crippen MR) is 70.6 cm³/mol. The van der Waals surface area contributed by atoms with Gasteiger partial charge in [0.25, 0.3) is 0 Å². The Morgan fingerprint density at radius 3 is 2.82 bits per heavy atom. The van der Waals surface area contributed by atoms with Gasteiger partial charge in [0, 0.05) is 17.0 Å². The molecule has 0 N–H and O–H groups in total. The third-order valence-corrected chi connectivity index (χ3v) is 3.32. The zero-order valence-electron chi connectivity index (χ0n) is 9.30. The number of alkyl halides is 1. The summed E-state index contributed by atoms with van der Waals surface area (Å²) in [5, 5.41) is 10.4. The van der Waals surface area contributed by atoms with E-state index in [0.717, 1.165) is 22.2 Å². The van der Waals surface area contributed by atoms with Gasteiger partial charge in [-0.25, -0.2) is 0 Å². The van der Waals surface area contributed by atoms with Gasteiger partial charge in [-0.15, -0.1) is 11.6 Å². The first-order chi connectivity index (χ1) is 8.17. The Labute approximate surface area is 110 Å². The van der Waals surface area contributed by atoms with E-state index in [2.05, 4.69) is 11.1 Å². The molecule has 0 aliphatic rings. The summed E-state index contributed by atoms with van der Waals surface area (Å²) in [6.07, 6.45) is 0.686. The molecule has 0 unspecified atom stereocenters. The third kappa shape index (κ3) is 2.22. The molecule has 4 heteroatoms. The standard InChI is InChI=1S/C13H10Cl2N2/c1-8-10(4-5-14)13(15)11-6-9(7-16)2-3-12(11)17-8/h2-3,6H,4-5H2,1H3. The van der Waals surface area contributed by atoms with Crippen molar-refractivity contribution in [3.05, 3.63) is 40.0 Å². The zero-order valence-corrected chi connectivity index (χ0v) is 10.8. The highest BCUT2D eigenvalue weighted by Gasteiger charge is 2.10. The highest BCUT2D eigenvalue weighted by atomic mass is 35.5. The van der Waals surface area contributed by atoms with Gasteiger partial charge in [0.05, 0.1) is 22.2 Å². The molecule has 0 bridgehead atoms. The summed E-state index contributed by atoms with van der Waals surface area (Å²) in [5.41, 5.74) is 3.25. The normalized spacial score (nSPS) is 10.5. The molecule has 1 aromatic carbocycles. The Bertz CT molecular complexity index is 615. The lowest BCUT2D eigenvalue weighted by Gasteiger charge is -2.09. The van der Waals surface area contributed by atoms with Crippen molar-refractivity contribution in [2.45, 2.75) is 13.3 Å². The molecule has 0 radical (unpaired) electrons. The lowest BCUT2D eigenvalue weighted by atomic mass is 10.1. The molecule has 1 aromatic heterocycles. The molecular formula is C13H10Cl2N2. The second-order valence-electron chi connectivity index (χ2n) is 3.77. The highest BCUT2D eigenvalue weighted by molar-refractivity contribution is 6.36. The predicted octanol–water partition coefficient (Wildman–Crippen LogP) is 3.85. The summed E-state index contributed by atoms with van der Waals surface area (Å²) in [4.78, 5) is 4.48. The van der Waals surface area contributed by atoms with Crippen LogP contribution in [0.25, 0.3) is 10.9 Å². The lowest BCUT2D eigenvalue weighted by Crippen LogP contribution is -1.97. The molecule has 1 heterocycles. The molecule has 2 rings (SSSR count). The number of rotatable bonds is 2. The van der Waals surface area contributed by atoms with Crippen molar-refractivity contribution in [1.82, 2.24) is 4.98 Å². The van der Waals surface area contributed by atoms with Crippen molar-refractivity contribution < 1.29 is 0 Å². The van der Waals surface area contributed by atoms with Crippen LogP contribution in [0.1, 0.15) is 16.8 Å². The molecule has 0 saturated carbocycles. The van der Waals surface area contributed by atoms with Crippen LogP contribution in [0, 0.1) is 18.3 Å². The molecule has 0 amide bonds. The molecule has 17 heavy (non-hydrogen) atoms. The van der Waals surface area contributed by atoms with Gasteiger partial charge in [-0.3, -0.25) is 4.98 Å². The fourth-order valence-electron chi connectivity index (χ4n) is 1.83. The number of nitrogens with zero attached hydrogens (tertiary/aromatic N) is 2. The zero-order chi connectivity index (χ0) is 12.4. The molecule has 2 aromatic rings. The molecule has 0 atom stereocenters. The summed E-state index contributed by atoms with van der Waals surface area (Å²) in [5.74, 6) is 0.506. The molecule has 2 nitrogen and oxygen atoms in total. The summed E-state index contributed by atoms with van der Waals surface area (Å²) in [7, 11) is 0. The number of aryl methyl sites for hydroxylation is 1. The molecule has 0 spiro atoms. The van der Waals surface area contributed by atoms with Gasteiger partial charge in [-0.2, -0.15) is 5.26 Å². The molecule has 0 saturated heterocycles. The maximum absolute atomic E-state index is 8.88. The quantitative estimate of drug-likeness (QED) is 0.773. The SMILES string of the molecule is Cc1nc2ccc(C#N)cc2c(Cl)c1CCCl. The Balaban J connectivity index is 2.75. The van der Waals surface area contributed by atoms with Gasteiger partial charge in [0.2, 0.25) is 0 Å². The Morgan fingerprint density at radius 1 is 1.41 bits per heavy atom. The first kappa shape index (κ1) is 12.2. The number of pyridine rings is 1. The van der Waals surface area contributed by atoms with E-state index in [9.17, 15) is 0 Å². The van der Waals surface area contributed by atoms with Crippen molar-refractivity contribution in [3.63, 3.8) is 0 Å². The minimum atomic E-state index is 0.506. The van der Waals surface area contributed by atoms with E-state index in [1.165, 1.54) is 0 Å². The minimum Gasteiger partial charge on any atom is -0.253 e. The summed E-state index contributed by atoms with van der Waals surface area (Å²) in [6, 6.07) is 7.42. The van der Waals surface area contributed by atoms with Gasteiger partial charge in [-0.1, -0.05) is 11.6 Å². The topological polar surface area (TPSA) is 36.7 Å². The number of nitriles is 1. The van der Waals surface area contributed by atoms with Crippen LogP contribution in [-0.2, 0) is 6.42 Å².